The smallest absolute Gasteiger partial charge is 0.481 e. The zero-order valence-corrected chi connectivity index (χ0v) is 21.0. The molecule has 2 aliphatic heterocycles. The van der Waals surface area contributed by atoms with Crippen molar-refractivity contribution in [3.05, 3.63) is 46.4 Å². The Balaban J connectivity index is 1.69. The lowest BCUT2D eigenvalue weighted by Gasteiger charge is -2.35. The van der Waals surface area contributed by atoms with Crippen molar-refractivity contribution in [3.8, 4) is 44.5 Å². The van der Waals surface area contributed by atoms with E-state index in [4.69, 9.17) is 33.1 Å². The molecule has 2 aliphatic rings. The maximum atomic E-state index is 9.08. The Kier molecular flexibility index (Phi) is 5.12. The van der Waals surface area contributed by atoms with E-state index in [1.54, 1.807) is 12.1 Å². The van der Waals surface area contributed by atoms with E-state index in [-0.39, 0.29) is 11.7 Å². The van der Waals surface area contributed by atoms with Crippen LogP contribution in [0.25, 0.3) is 30.6 Å². The number of aromatic nitrogens is 2. The molecule has 2 aromatic heterocycles. The van der Waals surface area contributed by atoms with Crippen LogP contribution >= 0.6 is 22.7 Å². The maximum absolute atomic E-state index is 9.08. The van der Waals surface area contributed by atoms with E-state index >= 15 is 0 Å². The van der Waals surface area contributed by atoms with Crippen molar-refractivity contribution in [2.24, 2.45) is 9.98 Å². The zero-order valence-electron chi connectivity index (χ0n) is 19.4. The summed E-state index contributed by atoms with van der Waals surface area (Å²) in [6.07, 6.45) is 0. The first-order valence-corrected chi connectivity index (χ1v) is 12.1. The standard InChI is InChI=1S/C24H14N8O2S2/c1-23(2)18-16(35-21(30-18)29-11(9-25)10-26)12-7-15-13(8-14(12)33-23)17-19(24(3,4)34-15)31-22(36-17)32-20(27-5)28-6/h7-8H,1-4H3. The third kappa shape index (κ3) is 3.57. The van der Waals surface area contributed by atoms with Gasteiger partial charge in [-0.1, -0.05) is 22.7 Å². The molecule has 0 atom stereocenters. The second kappa shape index (κ2) is 7.96. The summed E-state index contributed by atoms with van der Waals surface area (Å²) in [6.45, 7) is 21.8. The monoisotopic (exact) mass is 510 g/mol. The first-order chi connectivity index (χ1) is 17.1. The van der Waals surface area contributed by atoms with Crippen LogP contribution in [0.5, 0.6) is 11.5 Å². The highest BCUT2D eigenvalue weighted by Gasteiger charge is 2.42. The fourth-order valence-corrected chi connectivity index (χ4v) is 6.17. The maximum Gasteiger partial charge on any atom is 0.636 e. The lowest BCUT2D eigenvalue weighted by Crippen LogP contribution is -2.31. The molecular formula is C24H14N8O2S2. The Morgan fingerprint density at radius 3 is 1.72 bits per heavy atom. The lowest BCUT2D eigenvalue weighted by atomic mass is 9.92. The summed E-state index contributed by atoms with van der Waals surface area (Å²) >= 11 is 2.55. The number of nitrogens with zero attached hydrogens (tertiary/aromatic N) is 8. The van der Waals surface area contributed by atoms with Crippen LogP contribution in [0, 0.1) is 35.8 Å². The van der Waals surface area contributed by atoms with E-state index in [0.29, 0.717) is 33.1 Å². The molecule has 36 heavy (non-hydrogen) atoms. The van der Waals surface area contributed by atoms with E-state index in [1.807, 2.05) is 39.8 Å². The molecule has 0 saturated heterocycles. The Bertz CT molecular complexity index is 1540. The number of hydrogen-bond acceptors (Lipinski definition) is 10. The highest BCUT2D eigenvalue weighted by Crippen LogP contribution is 2.56. The van der Waals surface area contributed by atoms with Crippen molar-refractivity contribution in [2.75, 3.05) is 0 Å². The van der Waals surface area contributed by atoms with Crippen LogP contribution in [0.15, 0.2) is 22.1 Å². The second-order valence-corrected chi connectivity index (χ2v) is 10.7. The van der Waals surface area contributed by atoms with Crippen molar-refractivity contribution in [1.29, 1.82) is 10.5 Å². The number of nitriles is 2. The lowest BCUT2D eigenvalue weighted by molar-refractivity contribution is 0.0957. The topological polar surface area (TPSA) is 125 Å². The second-order valence-electron chi connectivity index (χ2n) is 8.74. The van der Waals surface area contributed by atoms with Crippen LogP contribution in [0.1, 0.15) is 39.1 Å². The fraction of sp³-hybridized carbons (Fsp3) is 0.250. The minimum absolute atomic E-state index is 0.272. The predicted molar refractivity (Wildman–Crippen MR) is 135 cm³/mol. The van der Waals surface area contributed by atoms with E-state index in [2.05, 4.69) is 29.6 Å². The SMILES string of the molecule is [C-]#[N+]C(=Nc1nc2c(s1)-c1cc3c(cc1OC2(C)C)-c1sc(N=C(C#N)C#N)nc1C(C)(C)O3)[N+]#[C-]. The number of aliphatic imine (C=N–C) groups is 2. The largest absolute Gasteiger partial charge is 0.636 e. The molecule has 1 aromatic carbocycles. The number of benzene rings is 1. The molecule has 10 nitrogen and oxygen atoms in total. The number of thiazole rings is 2. The molecule has 174 valence electrons. The quantitative estimate of drug-likeness (QED) is 0.232. The first-order valence-electron chi connectivity index (χ1n) is 10.4. The van der Waals surface area contributed by atoms with Crippen molar-refractivity contribution < 1.29 is 9.47 Å². The van der Waals surface area contributed by atoms with Gasteiger partial charge in [0.15, 0.2) is 0 Å². The molecule has 0 aliphatic carbocycles. The van der Waals surface area contributed by atoms with Gasteiger partial charge in [0.05, 0.1) is 9.75 Å². The molecule has 0 spiro atoms. The van der Waals surface area contributed by atoms with E-state index in [9.17, 15) is 0 Å². The summed E-state index contributed by atoms with van der Waals surface area (Å²) in [5, 5.41) is 18.8. The van der Waals surface area contributed by atoms with Gasteiger partial charge >= 0.3 is 11.1 Å². The molecule has 0 unspecified atom stereocenters. The normalized spacial score (nSPS) is 14.9. The number of fused-ring (bicyclic) bond motifs is 6. The van der Waals surface area contributed by atoms with Crippen LogP contribution in [-0.4, -0.2) is 21.6 Å². The molecular weight excluding hydrogens is 496 g/mol. The number of rotatable bonds is 2. The molecule has 0 amide bonds. The van der Waals surface area contributed by atoms with Gasteiger partial charge in [-0.2, -0.15) is 20.5 Å². The molecule has 0 saturated carbocycles. The third-order valence-electron chi connectivity index (χ3n) is 5.49. The van der Waals surface area contributed by atoms with E-state index in [0.717, 1.165) is 20.9 Å². The van der Waals surface area contributed by atoms with Gasteiger partial charge < -0.3 is 9.47 Å². The van der Waals surface area contributed by atoms with Crippen LogP contribution in [-0.2, 0) is 11.2 Å². The number of guanidine groups is 1. The number of hydrogen-bond donors (Lipinski definition) is 0. The van der Waals surface area contributed by atoms with Gasteiger partial charge in [-0.3, -0.25) is 0 Å². The van der Waals surface area contributed by atoms with Crippen molar-refractivity contribution in [3.63, 3.8) is 0 Å². The van der Waals surface area contributed by atoms with Crippen LogP contribution < -0.4 is 9.47 Å². The van der Waals surface area contributed by atoms with Gasteiger partial charge in [-0.15, -0.1) is 0 Å². The molecule has 4 heterocycles. The Hall–Kier alpha value is -4.62. The van der Waals surface area contributed by atoms with Crippen LogP contribution in [0.4, 0.5) is 10.3 Å². The predicted octanol–water partition coefficient (Wildman–Crippen LogP) is 6.13. The third-order valence-corrected chi connectivity index (χ3v) is 7.45. The number of ether oxygens (including phenoxy) is 2. The summed E-state index contributed by atoms with van der Waals surface area (Å²) in [5.41, 5.74) is 1.01. The molecule has 12 heteroatoms. The molecule has 0 bridgehead atoms. The molecule has 0 radical (unpaired) electrons. The van der Waals surface area contributed by atoms with Crippen molar-refractivity contribution in [1.82, 2.24) is 9.97 Å². The Morgan fingerprint density at radius 1 is 0.861 bits per heavy atom. The molecule has 5 rings (SSSR count). The summed E-state index contributed by atoms with van der Waals surface area (Å²) in [5.74, 6) is 0.924. The minimum atomic E-state index is -0.790. The van der Waals surface area contributed by atoms with Crippen molar-refractivity contribution in [2.45, 2.75) is 38.9 Å². The minimum Gasteiger partial charge on any atom is -0.481 e. The Morgan fingerprint density at radius 2 is 1.31 bits per heavy atom. The summed E-state index contributed by atoms with van der Waals surface area (Å²) < 4.78 is 12.7. The van der Waals surface area contributed by atoms with Gasteiger partial charge in [0.1, 0.15) is 46.2 Å². The first kappa shape index (κ1) is 23.1. The summed E-state index contributed by atoms with van der Waals surface area (Å²) in [4.78, 5) is 25.2. The molecule has 3 aromatic rings. The van der Waals surface area contributed by atoms with Gasteiger partial charge in [0.2, 0.25) is 10.8 Å². The highest BCUT2D eigenvalue weighted by molar-refractivity contribution is 7.19. The summed E-state index contributed by atoms with van der Waals surface area (Å²) in [6, 6.07) is 7.29. The van der Waals surface area contributed by atoms with E-state index < -0.39 is 11.2 Å². The average Bonchev–Trinajstić information content (AvgIpc) is 3.46. The van der Waals surface area contributed by atoms with Crippen LogP contribution in [0.3, 0.4) is 0 Å². The van der Waals surface area contributed by atoms with Crippen LogP contribution in [0.2, 0.25) is 0 Å². The van der Waals surface area contributed by atoms with Gasteiger partial charge in [-0.05, 0) is 53.0 Å². The van der Waals surface area contributed by atoms with Crippen molar-refractivity contribution >= 4 is 44.6 Å². The average molecular weight is 511 g/mol. The van der Waals surface area contributed by atoms with Gasteiger partial charge in [0.25, 0.3) is 0 Å². The zero-order chi connectivity index (χ0) is 25.8. The fourth-order valence-electron chi connectivity index (χ4n) is 3.96. The summed E-state index contributed by atoms with van der Waals surface area (Å²) in [7, 11) is 0. The highest BCUT2D eigenvalue weighted by atomic mass is 32.1. The van der Waals surface area contributed by atoms with E-state index in [1.165, 1.54) is 22.7 Å². The molecule has 0 N–H and O–H groups in total. The van der Waals surface area contributed by atoms with Gasteiger partial charge in [0, 0.05) is 16.1 Å². The molecule has 0 fully saturated rings. The van der Waals surface area contributed by atoms with Gasteiger partial charge in [-0.25, -0.2) is 14.7 Å². The Labute approximate surface area is 214 Å².